The Labute approximate surface area is 260 Å². The van der Waals surface area contributed by atoms with E-state index in [1.54, 1.807) is 26.0 Å². The van der Waals surface area contributed by atoms with Crippen LogP contribution in [0, 0.1) is 28.6 Å². The molecule has 9 atom stereocenters. The van der Waals surface area contributed by atoms with Crippen molar-refractivity contribution >= 4 is 35.1 Å². The van der Waals surface area contributed by atoms with Crippen LogP contribution in [0.2, 0.25) is 0 Å². The summed E-state index contributed by atoms with van der Waals surface area (Å²) >= 11 is 7.42. The molecule has 3 saturated carbocycles. The fourth-order valence-electron chi connectivity index (χ4n) is 8.35. The Hall–Kier alpha value is -2.23. The minimum absolute atomic E-state index is 0.0226. The highest BCUT2D eigenvalue weighted by Crippen LogP contribution is 2.71. The third kappa shape index (κ3) is 5.77. The standard InChI is InChI=1S/C30H43ClN2O11/c1-17-12-21-20-7-6-18-13-19(34)8-9-27(18,2)29(20,31)23(35)15-28(21,3)30(17,39)24(36)16-43-25(37)14-22(32)26(38)42-10-4-5-11-44-33(40)41/h8-9,13,17,20-23,35,39-41H,4-7,10-12,14-16,32H2,1-3H3/t17-,20-,21?,22?,23-,27-,28-,29?,30-/m0/s1. The van der Waals surface area contributed by atoms with Crippen molar-refractivity contribution in [3.05, 3.63) is 23.8 Å². The van der Waals surface area contributed by atoms with Gasteiger partial charge in [-0.1, -0.05) is 32.4 Å². The number of halogens is 1. The molecule has 3 fully saturated rings. The van der Waals surface area contributed by atoms with E-state index in [1.807, 2.05) is 6.92 Å². The first-order valence-corrected chi connectivity index (χ1v) is 15.4. The summed E-state index contributed by atoms with van der Waals surface area (Å²) in [5.74, 6) is -3.60. The second-order valence-corrected chi connectivity index (χ2v) is 13.6. The summed E-state index contributed by atoms with van der Waals surface area (Å²) in [6.07, 6.45) is 5.59. The third-order valence-corrected chi connectivity index (χ3v) is 11.6. The van der Waals surface area contributed by atoms with Gasteiger partial charge in [-0.15, -0.1) is 11.6 Å². The van der Waals surface area contributed by atoms with E-state index in [0.717, 1.165) is 5.57 Å². The Balaban J connectivity index is 1.38. The smallest absolute Gasteiger partial charge is 0.323 e. The van der Waals surface area contributed by atoms with E-state index in [0.29, 0.717) is 32.1 Å². The topological polar surface area (TPSA) is 206 Å². The number of unbranched alkanes of at least 4 members (excludes halogenated alkanes) is 1. The number of rotatable bonds is 12. The highest BCUT2D eigenvalue weighted by Gasteiger charge is 2.74. The zero-order chi connectivity index (χ0) is 32.7. The molecule has 0 heterocycles. The number of ether oxygens (including phenoxy) is 2. The number of aliphatic hydroxyl groups is 2. The molecule has 0 aromatic carbocycles. The molecule has 0 radical (unpaired) electrons. The van der Waals surface area contributed by atoms with Gasteiger partial charge in [0.05, 0.1) is 36.0 Å². The highest BCUT2D eigenvalue weighted by atomic mass is 35.5. The zero-order valence-corrected chi connectivity index (χ0v) is 26.0. The summed E-state index contributed by atoms with van der Waals surface area (Å²) in [6.45, 7) is 4.69. The molecule has 0 aromatic heterocycles. The minimum atomic E-state index is -1.92. The molecule has 3 unspecified atom stereocenters. The Morgan fingerprint density at radius 1 is 1.16 bits per heavy atom. The number of alkyl halides is 1. The van der Waals surface area contributed by atoms with Crippen LogP contribution in [0.25, 0.3) is 0 Å². The number of hydrogen-bond acceptors (Lipinski definition) is 13. The molecule has 4 aliphatic carbocycles. The van der Waals surface area contributed by atoms with E-state index in [-0.39, 0.29) is 37.3 Å². The summed E-state index contributed by atoms with van der Waals surface area (Å²) in [6, 6.07) is -1.34. The molecular formula is C30H43ClN2O11. The number of nitrogens with zero attached hydrogens (tertiary/aromatic N) is 1. The van der Waals surface area contributed by atoms with Gasteiger partial charge in [0.2, 0.25) is 5.78 Å². The number of carbonyl (C=O) groups is 4. The molecule has 6 N–H and O–H groups in total. The Morgan fingerprint density at radius 2 is 1.84 bits per heavy atom. The van der Waals surface area contributed by atoms with E-state index in [2.05, 4.69) is 4.84 Å². The quantitative estimate of drug-likeness (QED) is 0.0891. The van der Waals surface area contributed by atoms with Crippen molar-refractivity contribution in [2.75, 3.05) is 19.8 Å². The molecule has 0 aliphatic heterocycles. The van der Waals surface area contributed by atoms with Gasteiger partial charge >= 0.3 is 11.9 Å². The number of aliphatic hydroxyl groups excluding tert-OH is 1. The molecular weight excluding hydrogens is 600 g/mol. The van der Waals surface area contributed by atoms with Crippen molar-refractivity contribution in [1.29, 1.82) is 0 Å². The molecule has 0 amide bonds. The fraction of sp³-hybridized carbons (Fsp3) is 0.733. The van der Waals surface area contributed by atoms with Crippen LogP contribution in [0.4, 0.5) is 0 Å². The molecule has 0 spiro atoms. The lowest BCUT2D eigenvalue weighted by Gasteiger charge is -2.63. The molecule has 246 valence electrons. The number of ketones is 2. The van der Waals surface area contributed by atoms with Crippen molar-refractivity contribution in [2.24, 2.45) is 34.3 Å². The first-order chi connectivity index (χ1) is 20.5. The van der Waals surface area contributed by atoms with E-state index >= 15 is 0 Å². The second kappa shape index (κ2) is 12.9. The van der Waals surface area contributed by atoms with Gasteiger partial charge in [0.15, 0.2) is 12.4 Å². The van der Waals surface area contributed by atoms with Gasteiger partial charge in [-0.3, -0.25) is 34.4 Å². The summed E-state index contributed by atoms with van der Waals surface area (Å²) in [7, 11) is 0. The van der Waals surface area contributed by atoms with E-state index in [9.17, 15) is 29.4 Å². The number of allylic oxidation sites excluding steroid dienone is 4. The molecule has 0 saturated heterocycles. The number of carbonyl (C=O) groups excluding carboxylic acids is 4. The maximum atomic E-state index is 13.6. The lowest BCUT2D eigenvalue weighted by atomic mass is 9.45. The van der Waals surface area contributed by atoms with Crippen molar-refractivity contribution in [2.45, 2.75) is 88.3 Å². The molecule has 44 heavy (non-hydrogen) atoms. The van der Waals surface area contributed by atoms with Gasteiger partial charge in [0.1, 0.15) is 11.6 Å². The molecule has 4 aliphatic rings. The number of hydrogen-bond donors (Lipinski definition) is 5. The number of esters is 2. The first kappa shape index (κ1) is 34.6. The third-order valence-electron chi connectivity index (χ3n) is 10.7. The number of Topliss-reactive ketones (excluding diaryl/α,β-unsaturated/α-hetero) is 1. The van der Waals surface area contributed by atoms with E-state index in [1.165, 1.54) is 6.08 Å². The summed E-state index contributed by atoms with van der Waals surface area (Å²) in [5, 5.41) is 40.2. The van der Waals surface area contributed by atoms with Crippen LogP contribution in [0.15, 0.2) is 23.8 Å². The van der Waals surface area contributed by atoms with Crippen LogP contribution >= 0.6 is 11.6 Å². The monoisotopic (exact) mass is 642 g/mol. The van der Waals surface area contributed by atoms with Crippen molar-refractivity contribution in [1.82, 2.24) is 5.39 Å². The molecule has 0 bridgehead atoms. The van der Waals surface area contributed by atoms with Gasteiger partial charge in [-0.2, -0.15) is 0 Å². The van der Waals surface area contributed by atoms with Gasteiger partial charge in [0, 0.05) is 10.8 Å². The Bertz CT molecular complexity index is 1230. The van der Waals surface area contributed by atoms with Crippen LogP contribution in [-0.4, -0.2) is 92.0 Å². The number of fused-ring (bicyclic) bond motifs is 5. The van der Waals surface area contributed by atoms with Gasteiger partial charge in [0.25, 0.3) is 0 Å². The minimum Gasteiger partial charge on any atom is -0.465 e. The predicted octanol–water partition coefficient (Wildman–Crippen LogP) is 1.77. The summed E-state index contributed by atoms with van der Waals surface area (Å²) in [5.41, 5.74) is 2.88. The lowest BCUT2D eigenvalue weighted by molar-refractivity contribution is -0.492. The highest BCUT2D eigenvalue weighted by molar-refractivity contribution is 6.26. The summed E-state index contributed by atoms with van der Waals surface area (Å²) < 4.78 is 10.2. The molecule has 13 nitrogen and oxygen atoms in total. The van der Waals surface area contributed by atoms with Crippen molar-refractivity contribution < 1.29 is 54.1 Å². The van der Waals surface area contributed by atoms with Crippen LogP contribution in [0.1, 0.15) is 65.7 Å². The van der Waals surface area contributed by atoms with E-state index in [4.69, 9.17) is 37.2 Å². The van der Waals surface area contributed by atoms with Crippen molar-refractivity contribution in [3.8, 4) is 0 Å². The fourth-order valence-corrected chi connectivity index (χ4v) is 8.87. The van der Waals surface area contributed by atoms with Crippen LogP contribution < -0.4 is 5.73 Å². The van der Waals surface area contributed by atoms with Crippen molar-refractivity contribution in [3.63, 3.8) is 0 Å². The Morgan fingerprint density at radius 3 is 2.52 bits per heavy atom. The van der Waals surface area contributed by atoms with Crippen LogP contribution in [0.5, 0.6) is 0 Å². The first-order valence-electron chi connectivity index (χ1n) is 15.0. The Kier molecular flexibility index (Phi) is 10.1. The number of nitrogens with two attached hydrogens (primary N) is 1. The van der Waals surface area contributed by atoms with Crippen LogP contribution in [0.3, 0.4) is 0 Å². The van der Waals surface area contributed by atoms with Crippen LogP contribution in [-0.2, 0) is 33.5 Å². The van der Waals surface area contributed by atoms with Gasteiger partial charge in [-0.25, -0.2) is 0 Å². The largest absolute Gasteiger partial charge is 0.465 e. The molecule has 14 heteroatoms. The molecule has 4 rings (SSSR count). The van der Waals surface area contributed by atoms with Gasteiger partial charge in [-0.05, 0) is 68.4 Å². The predicted molar refractivity (Wildman–Crippen MR) is 153 cm³/mol. The lowest BCUT2D eigenvalue weighted by Crippen LogP contribution is -2.69. The molecule has 0 aromatic rings. The van der Waals surface area contributed by atoms with Gasteiger partial charge < -0.3 is 25.4 Å². The maximum Gasteiger partial charge on any atom is 0.323 e. The summed E-state index contributed by atoms with van der Waals surface area (Å²) in [4.78, 5) is 53.6. The second-order valence-electron chi connectivity index (χ2n) is 13.0. The average Bonchev–Trinajstić information content (AvgIpc) is 3.15. The average molecular weight is 643 g/mol. The zero-order valence-electron chi connectivity index (χ0n) is 25.2. The van der Waals surface area contributed by atoms with E-state index < -0.39 is 75.5 Å². The maximum absolute atomic E-state index is 13.6. The SMILES string of the molecule is C[C@H]1CC2[C@@H]3CCC4=CC(=O)C=C[C@]4(C)C3(Cl)[C@@H](O)C[C@]2(C)[C@@]1(O)C(=O)COC(=O)CC(N)C(=O)OCCCCON(O)O. The normalized spacial score (nSPS) is 38.3.